The molecule has 3 heteroatoms. The highest BCUT2D eigenvalue weighted by atomic mass is 79.9. The van der Waals surface area contributed by atoms with Crippen LogP contribution in [0.5, 0.6) is 0 Å². The van der Waals surface area contributed by atoms with Crippen molar-refractivity contribution in [1.29, 1.82) is 0 Å². The van der Waals surface area contributed by atoms with E-state index in [2.05, 4.69) is 58.8 Å². The summed E-state index contributed by atoms with van der Waals surface area (Å²) in [4.78, 5) is 7.73. The molecule has 2 aromatic rings. The minimum absolute atomic E-state index is 0.314. The fraction of sp³-hybridized carbons (Fsp3) is 0.357. The van der Waals surface area contributed by atoms with Crippen LogP contribution in [0, 0.1) is 20.8 Å². The molecule has 0 aliphatic rings. The van der Waals surface area contributed by atoms with Crippen LogP contribution in [0.2, 0.25) is 0 Å². The van der Waals surface area contributed by atoms with E-state index in [1.54, 1.807) is 6.20 Å². The van der Waals surface area contributed by atoms with Gasteiger partial charge >= 0.3 is 0 Å². The van der Waals surface area contributed by atoms with E-state index in [-0.39, 0.29) is 0 Å². The number of hydrogen-bond donors (Lipinski definition) is 1. The van der Waals surface area contributed by atoms with Crippen molar-refractivity contribution in [2.45, 2.75) is 32.0 Å². The molecule has 1 aromatic carbocycles. The number of rotatable bonds is 3. The number of aryl methyl sites for hydroxylation is 3. The molecule has 0 aliphatic carbocycles. The van der Waals surface area contributed by atoms with Gasteiger partial charge < -0.3 is 4.98 Å². The number of aromatic nitrogens is 2. The number of H-pyrrole nitrogens is 1. The van der Waals surface area contributed by atoms with Crippen LogP contribution in [0.15, 0.2) is 24.5 Å². The van der Waals surface area contributed by atoms with E-state index in [4.69, 9.17) is 0 Å². The molecule has 0 saturated heterocycles. The summed E-state index contributed by atoms with van der Waals surface area (Å²) in [7, 11) is 0. The molecule has 0 amide bonds. The number of imidazole rings is 1. The first kappa shape index (κ1) is 12.4. The number of nitrogens with one attached hydrogen (secondary N) is 1. The van der Waals surface area contributed by atoms with Crippen molar-refractivity contribution in [2.75, 3.05) is 0 Å². The Bertz CT molecular complexity index is 480. The average molecular weight is 293 g/mol. The van der Waals surface area contributed by atoms with Crippen LogP contribution >= 0.6 is 15.9 Å². The molecule has 1 atom stereocenters. The SMILES string of the molecule is Cc1cc(C)c(C(Br)Cc2ncc[nH]2)c(C)c1. The molecule has 0 fully saturated rings. The first-order chi connectivity index (χ1) is 8.08. The van der Waals surface area contributed by atoms with Crippen LogP contribution in [0.4, 0.5) is 0 Å². The van der Waals surface area contributed by atoms with E-state index in [9.17, 15) is 0 Å². The molecule has 1 N–H and O–H groups in total. The first-order valence-electron chi connectivity index (χ1n) is 5.78. The van der Waals surface area contributed by atoms with Gasteiger partial charge in [-0.05, 0) is 37.5 Å². The summed E-state index contributed by atoms with van der Waals surface area (Å²) in [5.74, 6) is 1.02. The van der Waals surface area contributed by atoms with Crippen LogP contribution in [-0.4, -0.2) is 9.97 Å². The van der Waals surface area contributed by atoms with Crippen molar-refractivity contribution < 1.29 is 0 Å². The van der Waals surface area contributed by atoms with Gasteiger partial charge in [-0.2, -0.15) is 0 Å². The molecule has 1 unspecified atom stereocenters. The lowest BCUT2D eigenvalue weighted by Crippen LogP contribution is -2.02. The predicted octanol–water partition coefficient (Wildman–Crippen LogP) is 4.01. The minimum atomic E-state index is 0.314. The fourth-order valence-corrected chi connectivity index (χ4v) is 3.40. The molecular formula is C14H17BrN2. The zero-order valence-electron chi connectivity index (χ0n) is 10.4. The van der Waals surface area contributed by atoms with E-state index < -0.39 is 0 Å². The number of hydrogen-bond acceptors (Lipinski definition) is 1. The molecule has 17 heavy (non-hydrogen) atoms. The molecule has 0 saturated carbocycles. The second-order valence-corrected chi connectivity index (χ2v) is 5.63. The molecule has 2 rings (SSSR count). The van der Waals surface area contributed by atoms with Crippen molar-refractivity contribution in [2.24, 2.45) is 0 Å². The summed E-state index contributed by atoms with van der Waals surface area (Å²) in [5.41, 5.74) is 5.39. The standard InChI is InChI=1S/C14H17BrN2/c1-9-6-10(2)14(11(3)7-9)12(15)8-13-16-4-5-17-13/h4-7,12H,8H2,1-3H3,(H,16,17). The van der Waals surface area contributed by atoms with Gasteiger partial charge in [0.05, 0.1) is 0 Å². The summed E-state index contributed by atoms with van der Waals surface area (Å²) >= 11 is 3.77. The van der Waals surface area contributed by atoms with E-state index in [0.29, 0.717) is 4.83 Å². The van der Waals surface area contributed by atoms with Gasteiger partial charge in [0.15, 0.2) is 0 Å². The maximum absolute atomic E-state index is 4.27. The van der Waals surface area contributed by atoms with Crippen molar-refractivity contribution in [3.8, 4) is 0 Å². The molecule has 1 heterocycles. The van der Waals surface area contributed by atoms with Gasteiger partial charge in [0.25, 0.3) is 0 Å². The quantitative estimate of drug-likeness (QED) is 0.851. The molecule has 0 radical (unpaired) electrons. The lowest BCUT2D eigenvalue weighted by atomic mass is 9.96. The van der Waals surface area contributed by atoms with E-state index in [1.165, 1.54) is 22.3 Å². The molecule has 0 aliphatic heterocycles. The summed E-state index contributed by atoms with van der Waals surface area (Å²) in [6, 6.07) is 4.47. The van der Waals surface area contributed by atoms with Crippen molar-refractivity contribution >= 4 is 15.9 Å². The Morgan fingerprint density at radius 3 is 2.41 bits per heavy atom. The lowest BCUT2D eigenvalue weighted by molar-refractivity contribution is 0.863. The number of alkyl halides is 1. The molecular weight excluding hydrogens is 276 g/mol. The molecule has 1 aromatic heterocycles. The summed E-state index contributed by atoms with van der Waals surface area (Å²) < 4.78 is 0. The van der Waals surface area contributed by atoms with Crippen molar-refractivity contribution in [3.63, 3.8) is 0 Å². The van der Waals surface area contributed by atoms with Gasteiger partial charge in [0.2, 0.25) is 0 Å². The van der Waals surface area contributed by atoms with Crippen molar-refractivity contribution in [1.82, 2.24) is 9.97 Å². The third-order valence-corrected chi connectivity index (χ3v) is 3.76. The highest BCUT2D eigenvalue weighted by molar-refractivity contribution is 9.09. The zero-order valence-corrected chi connectivity index (χ0v) is 12.0. The number of benzene rings is 1. The highest BCUT2D eigenvalue weighted by Gasteiger charge is 2.15. The van der Waals surface area contributed by atoms with Gasteiger partial charge in [-0.25, -0.2) is 4.98 Å². The topological polar surface area (TPSA) is 28.7 Å². The monoisotopic (exact) mass is 292 g/mol. The van der Waals surface area contributed by atoms with Crippen LogP contribution in [0.1, 0.15) is 32.9 Å². The maximum Gasteiger partial charge on any atom is 0.107 e. The fourth-order valence-electron chi connectivity index (χ4n) is 2.37. The first-order valence-corrected chi connectivity index (χ1v) is 6.69. The van der Waals surface area contributed by atoms with Crippen LogP contribution in [0.3, 0.4) is 0 Å². The largest absolute Gasteiger partial charge is 0.349 e. The summed E-state index contributed by atoms with van der Waals surface area (Å²) in [5, 5.41) is 0. The summed E-state index contributed by atoms with van der Waals surface area (Å²) in [6.07, 6.45) is 4.55. The van der Waals surface area contributed by atoms with Gasteiger partial charge in [0.1, 0.15) is 5.82 Å². The normalized spacial score (nSPS) is 12.7. The Kier molecular flexibility index (Phi) is 3.67. The average Bonchev–Trinajstić information content (AvgIpc) is 2.68. The number of aromatic amines is 1. The molecule has 2 nitrogen and oxygen atoms in total. The van der Waals surface area contributed by atoms with Crippen LogP contribution in [-0.2, 0) is 6.42 Å². The van der Waals surface area contributed by atoms with E-state index in [1.807, 2.05) is 6.20 Å². The molecule has 0 bridgehead atoms. The van der Waals surface area contributed by atoms with Crippen LogP contribution < -0.4 is 0 Å². The Morgan fingerprint density at radius 2 is 1.88 bits per heavy atom. The smallest absolute Gasteiger partial charge is 0.107 e. The number of nitrogens with zero attached hydrogens (tertiary/aromatic N) is 1. The predicted molar refractivity (Wildman–Crippen MR) is 74.6 cm³/mol. The van der Waals surface area contributed by atoms with Crippen molar-refractivity contribution in [3.05, 3.63) is 52.6 Å². The van der Waals surface area contributed by atoms with Crippen LogP contribution in [0.25, 0.3) is 0 Å². The highest BCUT2D eigenvalue weighted by Crippen LogP contribution is 2.31. The summed E-state index contributed by atoms with van der Waals surface area (Å²) in [6.45, 7) is 6.48. The second-order valence-electron chi connectivity index (χ2n) is 4.52. The zero-order chi connectivity index (χ0) is 12.4. The van der Waals surface area contributed by atoms with Gasteiger partial charge in [-0.1, -0.05) is 33.6 Å². The van der Waals surface area contributed by atoms with Gasteiger partial charge in [-0.15, -0.1) is 0 Å². The van der Waals surface area contributed by atoms with Gasteiger partial charge in [-0.3, -0.25) is 0 Å². The maximum atomic E-state index is 4.27. The Hall–Kier alpha value is -1.09. The molecule has 0 spiro atoms. The number of halogens is 1. The Labute approximate surface area is 111 Å². The van der Waals surface area contributed by atoms with Gasteiger partial charge in [0, 0.05) is 23.6 Å². The third kappa shape index (κ3) is 2.78. The minimum Gasteiger partial charge on any atom is -0.349 e. The Balaban J connectivity index is 2.27. The van der Waals surface area contributed by atoms with E-state index in [0.717, 1.165) is 12.2 Å². The van der Waals surface area contributed by atoms with E-state index >= 15 is 0 Å². The molecule has 90 valence electrons. The Morgan fingerprint density at radius 1 is 1.24 bits per heavy atom. The second kappa shape index (κ2) is 5.05. The lowest BCUT2D eigenvalue weighted by Gasteiger charge is -2.16. The third-order valence-electron chi connectivity index (χ3n) is 2.98.